The van der Waals surface area contributed by atoms with Crippen LogP contribution in [0.25, 0.3) is 0 Å². The molecule has 82 valence electrons. The van der Waals surface area contributed by atoms with Gasteiger partial charge in [-0.3, -0.25) is 0 Å². The number of hydrogen-bond donors (Lipinski definition) is 3. The molecule has 0 bridgehead atoms. The van der Waals surface area contributed by atoms with Gasteiger partial charge in [-0.15, -0.1) is 0 Å². The van der Waals surface area contributed by atoms with E-state index in [0.29, 0.717) is 0 Å². The van der Waals surface area contributed by atoms with Crippen LogP contribution in [-0.2, 0) is 10.0 Å². The van der Waals surface area contributed by atoms with Crippen LogP contribution in [0.4, 0.5) is 0 Å². The minimum Gasteiger partial charge on any atom is -0.409 e. The molecule has 0 unspecified atom stereocenters. The molecule has 0 amide bonds. The van der Waals surface area contributed by atoms with Gasteiger partial charge in [0.2, 0.25) is 10.0 Å². The van der Waals surface area contributed by atoms with E-state index in [2.05, 4.69) is 5.16 Å². The van der Waals surface area contributed by atoms with Gasteiger partial charge in [0, 0.05) is 5.56 Å². The van der Waals surface area contributed by atoms with Crippen LogP contribution >= 0.6 is 11.6 Å². The van der Waals surface area contributed by atoms with Crippen LogP contribution in [0.2, 0.25) is 5.02 Å². The maximum absolute atomic E-state index is 11.1. The third-order valence-corrected chi connectivity index (χ3v) is 3.03. The largest absolute Gasteiger partial charge is 0.409 e. The van der Waals surface area contributed by atoms with Crippen molar-refractivity contribution in [2.24, 2.45) is 16.0 Å². The second kappa shape index (κ2) is 4.05. The van der Waals surface area contributed by atoms with E-state index in [1.54, 1.807) is 0 Å². The van der Waals surface area contributed by atoms with Gasteiger partial charge in [0.05, 0.1) is 5.02 Å². The molecule has 0 spiro atoms. The standard InChI is InChI=1S/C7H8ClN3O3S/c8-5-2-1-4(7(9)11-12)3-6(5)15(10,13)14/h1-3,12H,(H2,9,11)(H2,10,13,14). The summed E-state index contributed by atoms with van der Waals surface area (Å²) in [6, 6.07) is 3.84. The predicted molar refractivity (Wildman–Crippen MR) is 55.3 cm³/mol. The van der Waals surface area contributed by atoms with Crippen LogP contribution in [0.1, 0.15) is 5.56 Å². The van der Waals surface area contributed by atoms with Gasteiger partial charge in [-0.1, -0.05) is 16.8 Å². The SMILES string of the molecule is NC(=NO)c1ccc(Cl)c(S(N)(=O)=O)c1. The number of benzene rings is 1. The Bertz CT molecular complexity index is 512. The van der Waals surface area contributed by atoms with Crippen LogP contribution in [0.5, 0.6) is 0 Å². The van der Waals surface area contributed by atoms with E-state index in [9.17, 15) is 8.42 Å². The molecule has 15 heavy (non-hydrogen) atoms. The Morgan fingerprint density at radius 1 is 1.47 bits per heavy atom. The van der Waals surface area contributed by atoms with Crippen LogP contribution < -0.4 is 10.9 Å². The summed E-state index contributed by atoms with van der Waals surface area (Å²) in [5.41, 5.74) is 5.49. The Morgan fingerprint density at radius 2 is 2.07 bits per heavy atom. The lowest BCUT2D eigenvalue weighted by Crippen LogP contribution is -2.17. The molecule has 0 aliphatic rings. The van der Waals surface area contributed by atoms with E-state index in [1.807, 2.05) is 0 Å². The van der Waals surface area contributed by atoms with Crippen molar-refractivity contribution in [2.45, 2.75) is 4.90 Å². The second-order valence-electron chi connectivity index (χ2n) is 2.68. The fourth-order valence-electron chi connectivity index (χ4n) is 0.938. The minimum atomic E-state index is -3.92. The van der Waals surface area contributed by atoms with Crippen molar-refractivity contribution in [1.82, 2.24) is 0 Å². The molecule has 6 nitrogen and oxygen atoms in total. The molecule has 0 aliphatic carbocycles. The molecule has 0 radical (unpaired) electrons. The summed E-state index contributed by atoms with van der Waals surface area (Å²) in [5, 5.41) is 16.0. The Balaban J connectivity index is 3.43. The van der Waals surface area contributed by atoms with Crippen molar-refractivity contribution in [3.05, 3.63) is 28.8 Å². The molecule has 5 N–H and O–H groups in total. The molecule has 0 saturated carbocycles. The lowest BCUT2D eigenvalue weighted by atomic mass is 10.2. The summed E-state index contributed by atoms with van der Waals surface area (Å²) in [4.78, 5) is -0.270. The molecule has 0 heterocycles. The highest BCUT2D eigenvalue weighted by Gasteiger charge is 2.14. The fraction of sp³-hybridized carbons (Fsp3) is 0. The van der Waals surface area contributed by atoms with E-state index < -0.39 is 10.0 Å². The van der Waals surface area contributed by atoms with E-state index >= 15 is 0 Å². The summed E-state index contributed by atoms with van der Waals surface area (Å²) in [5.74, 6) is -0.225. The number of sulfonamides is 1. The lowest BCUT2D eigenvalue weighted by molar-refractivity contribution is 0.318. The summed E-state index contributed by atoms with van der Waals surface area (Å²) in [6.07, 6.45) is 0. The summed E-state index contributed by atoms with van der Waals surface area (Å²) >= 11 is 5.63. The maximum atomic E-state index is 11.1. The topological polar surface area (TPSA) is 119 Å². The van der Waals surface area contributed by atoms with Gasteiger partial charge in [0.25, 0.3) is 0 Å². The highest BCUT2D eigenvalue weighted by Crippen LogP contribution is 2.21. The van der Waals surface area contributed by atoms with E-state index in [-0.39, 0.29) is 21.3 Å². The average Bonchev–Trinajstić information content (AvgIpc) is 2.15. The van der Waals surface area contributed by atoms with Crippen molar-refractivity contribution < 1.29 is 13.6 Å². The molecule has 0 fully saturated rings. The van der Waals surface area contributed by atoms with Crippen LogP contribution in [-0.4, -0.2) is 19.5 Å². The zero-order chi connectivity index (χ0) is 11.6. The van der Waals surface area contributed by atoms with Gasteiger partial charge in [-0.25, -0.2) is 13.6 Å². The molecular weight excluding hydrogens is 242 g/mol. The Hall–Kier alpha value is -1.31. The number of amidine groups is 1. The van der Waals surface area contributed by atoms with Gasteiger partial charge in [-0.05, 0) is 18.2 Å². The molecule has 0 aromatic heterocycles. The molecule has 1 aromatic rings. The molecule has 0 aliphatic heterocycles. The molecule has 1 rings (SSSR count). The van der Waals surface area contributed by atoms with Gasteiger partial charge < -0.3 is 10.9 Å². The van der Waals surface area contributed by atoms with Gasteiger partial charge >= 0.3 is 0 Å². The molecule has 0 saturated heterocycles. The van der Waals surface area contributed by atoms with Crippen molar-refractivity contribution >= 4 is 27.5 Å². The first kappa shape index (κ1) is 11.8. The molecule has 8 heteroatoms. The van der Waals surface area contributed by atoms with Crippen molar-refractivity contribution in [2.75, 3.05) is 0 Å². The zero-order valence-corrected chi connectivity index (χ0v) is 8.96. The third kappa shape index (κ3) is 2.58. The van der Waals surface area contributed by atoms with E-state index in [1.165, 1.54) is 12.1 Å². The zero-order valence-electron chi connectivity index (χ0n) is 7.38. The Morgan fingerprint density at radius 3 is 2.53 bits per heavy atom. The number of primary sulfonamides is 1. The first-order valence-electron chi connectivity index (χ1n) is 3.66. The summed E-state index contributed by atoms with van der Waals surface area (Å²) in [7, 11) is -3.92. The lowest BCUT2D eigenvalue weighted by Gasteiger charge is -2.04. The first-order chi connectivity index (χ1) is 6.86. The van der Waals surface area contributed by atoms with Gasteiger partial charge in [-0.2, -0.15) is 0 Å². The third-order valence-electron chi connectivity index (χ3n) is 1.64. The minimum absolute atomic E-state index is 0.0213. The Kier molecular flexibility index (Phi) is 3.18. The molecular formula is C7H8ClN3O3S. The number of halogens is 1. The van der Waals surface area contributed by atoms with Gasteiger partial charge in [0.1, 0.15) is 4.90 Å². The number of nitrogens with zero attached hydrogens (tertiary/aromatic N) is 1. The monoisotopic (exact) mass is 249 g/mol. The van der Waals surface area contributed by atoms with Gasteiger partial charge in [0.15, 0.2) is 5.84 Å². The first-order valence-corrected chi connectivity index (χ1v) is 5.59. The highest BCUT2D eigenvalue weighted by molar-refractivity contribution is 7.89. The van der Waals surface area contributed by atoms with Crippen molar-refractivity contribution in [1.29, 1.82) is 0 Å². The number of nitrogens with two attached hydrogens (primary N) is 2. The van der Waals surface area contributed by atoms with E-state index in [4.69, 9.17) is 27.7 Å². The maximum Gasteiger partial charge on any atom is 0.239 e. The predicted octanol–water partition coefficient (Wildman–Crippen LogP) is 0.0819. The van der Waals surface area contributed by atoms with Crippen molar-refractivity contribution in [3.63, 3.8) is 0 Å². The highest BCUT2D eigenvalue weighted by atomic mass is 35.5. The smallest absolute Gasteiger partial charge is 0.239 e. The molecule has 0 atom stereocenters. The van der Waals surface area contributed by atoms with Crippen LogP contribution in [0.15, 0.2) is 28.3 Å². The Labute approximate surface area is 91.2 Å². The summed E-state index contributed by atoms with van der Waals surface area (Å²) < 4.78 is 22.1. The van der Waals surface area contributed by atoms with Crippen molar-refractivity contribution in [3.8, 4) is 0 Å². The molecule has 1 aromatic carbocycles. The van der Waals surface area contributed by atoms with E-state index in [0.717, 1.165) is 6.07 Å². The number of oxime groups is 1. The summed E-state index contributed by atoms with van der Waals surface area (Å²) in [6.45, 7) is 0. The number of hydrogen-bond acceptors (Lipinski definition) is 4. The van der Waals surface area contributed by atoms with Crippen LogP contribution in [0.3, 0.4) is 0 Å². The quantitative estimate of drug-likeness (QED) is 0.298. The normalized spacial score (nSPS) is 12.8. The second-order valence-corrected chi connectivity index (χ2v) is 4.61. The van der Waals surface area contributed by atoms with Crippen LogP contribution in [0, 0.1) is 0 Å². The average molecular weight is 250 g/mol. The number of rotatable bonds is 2. The fourth-order valence-corrected chi connectivity index (χ4v) is 2.01.